The van der Waals surface area contributed by atoms with Crippen LogP contribution in [0.5, 0.6) is 0 Å². The summed E-state index contributed by atoms with van der Waals surface area (Å²) in [6.45, 7) is 4.91. The molecule has 3 aliphatic heterocycles. The van der Waals surface area contributed by atoms with Crippen molar-refractivity contribution in [2.75, 3.05) is 18.5 Å². The van der Waals surface area contributed by atoms with Gasteiger partial charge in [0.25, 0.3) is 17.7 Å². The molecule has 3 aliphatic carbocycles. The number of nitrogens with zero attached hydrogens (tertiary/aromatic N) is 4. The summed E-state index contributed by atoms with van der Waals surface area (Å²) in [5, 5.41) is 20.8. The third-order valence-corrected chi connectivity index (χ3v) is 11.7. The van der Waals surface area contributed by atoms with Gasteiger partial charge in [0.15, 0.2) is 5.69 Å². The first kappa shape index (κ1) is 29.5. The van der Waals surface area contributed by atoms with Crippen LogP contribution >= 0.6 is 0 Å². The zero-order valence-corrected chi connectivity index (χ0v) is 25.6. The summed E-state index contributed by atoms with van der Waals surface area (Å²) < 4.78 is 47.8. The van der Waals surface area contributed by atoms with E-state index in [1.165, 1.54) is 12.1 Å². The molecule has 2 aromatic rings. The maximum atomic E-state index is 14.5. The van der Waals surface area contributed by atoms with E-state index in [9.17, 15) is 32.8 Å². The van der Waals surface area contributed by atoms with Gasteiger partial charge in [0.1, 0.15) is 17.4 Å². The summed E-state index contributed by atoms with van der Waals surface area (Å²) in [7, 11) is 0. The van der Waals surface area contributed by atoms with E-state index in [4.69, 9.17) is 9.84 Å². The van der Waals surface area contributed by atoms with Gasteiger partial charge in [-0.05, 0) is 74.5 Å². The molecule has 0 radical (unpaired) electrons. The fourth-order valence-corrected chi connectivity index (χ4v) is 9.15. The van der Waals surface area contributed by atoms with Crippen molar-refractivity contribution >= 4 is 23.5 Å². The molecule has 1 unspecified atom stereocenters. The summed E-state index contributed by atoms with van der Waals surface area (Å²) in [6, 6.07) is 5.79. The largest absolute Gasteiger partial charge is 0.416 e. The van der Waals surface area contributed by atoms with Crippen molar-refractivity contribution < 1.29 is 32.3 Å². The Morgan fingerprint density at radius 3 is 2.59 bits per heavy atom. The highest BCUT2D eigenvalue weighted by atomic mass is 19.4. The third-order valence-electron chi connectivity index (χ3n) is 11.7. The minimum absolute atomic E-state index is 0.000676. The van der Waals surface area contributed by atoms with Gasteiger partial charge >= 0.3 is 6.18 Å². The molecule has 0 spiro atoms. The number of anilines is 1. The van der Waals surface area contributed by atoms with Crippen LogP contribution < -0.4 is 10.6 Å². The molecule has 7 atom stereocenters. The minimum Gasteiger partial charge on any atom is -0.381 e. The zero-order chi connectivity index (χ0) is 32.3. The molecular weight excluding hydrogens is 601 g/mol. The smallest absolute Gasteiger partial charge is 0.381 e. The lowest BCUT2D eigenvalue weighted by Crippen LogP contribution is -2.50. The number of nitrogens with one attached hydrogen (secondary N) is 2. The zero-order valence-electron chi connectivity index (χ0n) is 25.6. The van der Waals surface area contributed by atoms with E-state index >= 15 is 0 Å². The number of likely N-dealkylation sites (tertiary alicyclic amines) is 1. The third kappa shape index (κ3) is 4.11. The van der Waals surface area contributed by atoms with Crippen LogP contribution in [0, 0.1) is 35.0 Å². The highest BCUT2D eigenvalue weighted by molar-refractivity contribution is 6.09. The molecule has 2 N–H and O–H groups in total. The van der Waals surface area contributed by atoms with Crippen LogP contribution in [0.25, 0.3) is 0 Å². The Kier molecular flexibility index (Phi) is 6.28. The topological polar surface area (TPSA) is 129 Å². The van der Waals surface area contributed by atoms with Gasteiger partial charge in [-0.1, -0.05) is 19.9 Å². The van der Waals surface area contributed by atoms with Gasteiger partial charge in [-0.25, -0.2) is 4.68 Å². The predicted molar refractivity (Wildman–Crippen MR) is 156 cm³/mol. The summed E-state index contributed by atoms with van der Waals surface area (Å²) >= 11 is 0. The molecule has 3 amide bonds. The number of aromatic nitrogens is 2. The van der Waals surface area contributed by atoms with E-state index in [1.54, 1.807) is 9.58 Å². The van der Waals surface area contributed by atoms with Crippen molar-refractivity contribution in [2.45, 2.75) is 87.6 Å². The van der Waals surface area contributed by atoms with E-state index in [1.807, 2.05) is 13.8 Å². The van der Waals surface area contributed by atoms with Crippen LogP contribution in [0.3, 0.4) is 0 Å². The Morgan fingerprint density at radius 2 is 1.91 bits per heavy atom. The molecule has 2 saturated heterocycles. The Hall–Kier alpha value is -3.92. The van der Waals surface area contributed by atoms with E-state index in [0.717, 1.165) is 31.4 Å². The molecule has 4 heterocycles. The number of alkyl halides is 3. The molecule has 0 bridgehead atoms. The molecule has 8 rings (SSSR count). The van der Waals surface area contributed by atoms with Crippen molar-refractivity contribution in [1.29, 1.82) is 5.26 Å². The van der Waals surface area contributed by atoms with Crippen molar-refractivity contribution in [3.63, 3.8) is 0 Å². The van der Waals surface area contributed by atoms with Gasteiger partial charge in [0, 0.05) is 41.7 Å². The first-order valence-electron chi connectivity index (χ1n) is 16.2. The van der Waals surface area contributed by atoms with E-state index in [0.29, 0.717) is 49.8 Å². The average molecular weight is 637 g/mol. The van der Waals surface area contributed by atoms with E-state index < -0.39 is 46.5 Å². The molecule has 242 valence electrons. The predicted octanol–water partition coefficient (Wildman–Crippen LogP) is 4.43. The van der Waals surface area contributed by atoms with Crippen molar-refractivity contribution in [1.82, 2.24) is 20.0 Å². The number of hydrogen-bond donors (Lipinski definition) is 2. The van der Waals surface area contributed by atoms with Gasteiger partial charge in [0.05, 0.1) is 17.7 Å². The monoisotopic (exact) mass is 636 g/mol. The SMILES string of the molecule is C[C@H]1C2[C@@](C)(C3CC3)c3c(C(=O)N4[C@H](C#N)C[C@H]5C[C@H]54)nn(C4CCOCC4)c3NC(=O)[C@@]21NC(=O)c1cccc(C(F)(F)F)c1. The first-order chi connectivity index (χ1) is 21.9. The molecule has 46 heavy (non-hydrogen) atoms. The standard InChI is InChI=1S/C33H35F3N6O4/c1-16-26-31(2,19-6-7-19)24-25(29(44)41-22(15-37)13-18-14-23(18)41)40-42(21-8-10-46-11-9-21)27(24)38-30(45)32(16,26)39-28(43)17-4-3-5-20(12-17)33(34,35)36/h3-5,12,16,18-19,21-23,26H,6-11,13-14H2,1-2H3,(H,38,45)(H,39,43)/t16-,18-,22-,23+,26?,31-,32-/m0/s1. The van der Waals surface area contributed by atoms with Crippen LogP contribution in [0.1, 0.15) is 90.4 Å². The fraction of sp³-hybridized carbons (Fsp3) is 0.606. The molecule has 10 nitrogen and oxygen atoms in total. The number of rotatable bonds is 5. The van der Waals surface area contributed by atoms with Crippen LogP contribution in [0.2, 0.25) is 0 Å². The molecule has 1 aromatic heterocycles. The lowest BCUT2D eigenvalue weighted by atomic mass is 9.71. The second kappa shape index (κ2) is 9.80. The average Bonchev–Trinajstić information content (AvgIpc) is 4.00. The number of fused-ring (bicyclic) bond motifs is 3. The lowest BCUT2D eigenvalue weighted by Gasteiger charge is -2.33. The number of hydrogen-bond acceptors (Lipinski definition) is 6. The number of carbonyl (C=O) groups excluding carboxylic acids is 3. The Labute approximate surface area is 263 Å². The van der Waals surface area contributed by atoms with Gasteiger partial charge in [0.2, 0.25) is 0 Å². The van der Waals surface area contributed by atoms with Crippen LogP contribution in [0.4, 0.5) is 19.0 Å². The highest BCUT2D eigenvalue weighted by Crippen LogP contribution is 2.69. The van der Waals surface area contributed by atoms with Gasteiger partial charge < -0.3 is 20.3 Å². The fourth-order valence-electron chi connectivity index (χ4n) is 9.15. The molecular formula is C33H35F3N6O4. The number of ether oxygens (including phenoxy) is 1. The molecule has 5 fully saturated rings. The highest BCUT2D eigenvalue weighted by Gasteiger charge is 2.78. The number of amides is 3. The lowest BCUT2D eigenvalue weighted by molar-refractivity contribution is -0.137. The molecule has 3 saturated carbocycles. The summed E-state index contributed by atoms with van der Waals surface area (Å²) in [6.07, 6.45) is -0.166. The van der Waals surface area contributed by atoms with Crippen molar-refractivity contribution in [2.24, 2.45) is 23.7 Å². The minimum atomic E-state index is -4.63. The Balaban J connectivity index is 1.24. The van der Waals surface area contributed by atoms with E-state index in [-0.39, 0.29) is 41.1 Å². The Morgan fingerprint density at radius 1 is 1.17 bits per heavy atom. The molecule has 6 aliphatic rings. The maximum absolute atomic E-state index is 14.5. The first-order valence-corrected chi connectivity index (χ1v) is 16.2. The normalized spacial score (nSPS) is 34.8. The summed E-state index contributed by atoms with van der Waals surface area (Å²) in [4.78, 5) is 44.2. The van der Waals surface area contributed by atoms with Gasteiger partial charge in [-0.3, -0.25) is 14.4 Å². The molecule has 1 aromatic carbocycles. The number of benzene rings is 1. The van der Waals surface area contributed by atoms with Crippen molar-refractivity contribution in [3.05, 3.63) is 46.6 Å². The number of carbonyl (C=O) groups is 3. The number of nitriles is 1. The second-order valence-corrected chi connectivity index (χ2v) is 14.2. The summed E-state index contributed by atoms with van der Waals surface area (Å²) in [5.41, 5.74) is -2.44. The molecule has 13 heteroatoms. The van der Waals surface area contributed by atoms with Gasteiger partial charge in [-0.15, -0.1) is 0 Å². The van der Waals surface area contributed by atoms with Crippen molar-refractivity contribution in [3.8, 4) is 6.07 Å². The van der Waals surface area contributed by atoms with Crippen LogP contribution in [-0.4, -0.2) is 63.2 Å². The summed E-state index contributed by atoms with van der Waals surface area (Å²) in [5.74, 6) is -1.53. The van der Waals surface area contributed by atoms with Crippen LogP contribution in [0.15, 0.2) is 24.3 Å². The maximum Gasteiger partial charge on any atom is 0.416 e. The van der Waals surface area contributed by atoms with E-state index in [2.05, 4.69) is 16.7 Å². The number of halogens is 3. The quantitative estimate of drug-likeness (QED) is 0.500. The number of piperidine rings is 1. The Bertz CT molecular complexity index is 1710. The van der Waals surface area contributed by atoms with Gasteiger partial charge in [-0.2, -0.15) is 23.5 Å². The van der Waals surface area contributed by atoms with Crippen LogP contribution in [-0.2, 0) is 21.1 Å². The second-order valence-electron chi connectivity index (χ2n) is 14.2.